The van der Waals surface area contributed by atoms with Crippen molar-refractivity contribution >= 4 is 17.4 Å². The van der Waals surface area contributed by atoms with Gasteiger partial charge in [-0.15, -0.1) is 0 Å². The first kappa shape index (κ1) is 13.4. The van der Waals surface area contributed by atoms with E-state index in [0.717, 1.165) is 36.1 Å². The van der Waals surface area contributed by atoms with E-state index in [2.05, 4.69) is 0 Å². The van der Waals surface area contributed by atoms with Gasteiger partial charge in [0.15, 0.2) is 0 Å². The lowest BCUT2D eigenvalue weighted by atomic mass is 10.0. The molecular weight excluding hydrogens is 250 g/mol. The molecule has 0 unspecified atom stereocenters. The zero-order chi connectivity index (χ0) is 13.0. The molecule has 0 fully saturated rings. The van der Waals surface area contributed by atoms with Gasteiger partial charge in [0, 0.05) is 29.8 Å². The van der Waals surface area contributed by atoms with Crippen LogP contribution in [0.4, 0.5) is 0 Å². The molecule has 0 aromatic heterocycles. The van der Waals surface area contributed by atoms with Gasteiger partial charge in [0.1, 0.15) is 11.5 Å². The minimum atomic E-state index is 0.225. The molecule has 0 amide bonds. The second-order valence-electron chi connectivity index (χ2n) is 4.61. The first-order chi connectivity index (χ1) is 8.70. The number of unbranched alkanes of at least 4 members (excludes halogenated alkanes) is 1. The highest BCUT2D eigenvalue weighted by Crippen LogP contribution is 2.33. The molecule has 0 saturated carbocycles. The summed E-state index contributed by atoms with van der Waals surface area (Å²) in [7, 11) is 0. The predicted molar refractivity (Wildman–Crippen MR) is 72.3 cm³/mol. The van der Waals surface area contributed by atoms with Crippen LogP contribution in [-0.2, 0) is 17.6 Å². The fourth-order valence-corrected chi connectivity index (χ4v) is 2.51. The summed E-state index contributed by atoms with van der Waals surface area (Å²) >= 11 is 6.06. The Hall–Kier alpha value is -1.06. The van der Waals surface area contributed by atoms with Crippen molar-refractivity contribution in [1.29, 1.82) is 0 Å². The summed E-state index contributed by atoms with van der Waals surface area (Å²) in [6, 6.07) is 3.76. The van der Waals surface area contributed by atoms with Gasteiger partial charge < -0.3 is 10.5 Å². The Morgan fingerprint density at radius 2 is 2.22 bits per heavy atom. The summed E-state index contributed by atoms with van der Waals surface area (Å²) in [5.41, 5.74) is 7.45. The van der Waals surface area contributed by atoms with Crippen molar-refractivity contribution in [3.63, 3.8) is 0 Å². The Morgan fingerprint density at radius 3 is 3.00 bits per heavy atom. The van der Waals surface area contributed by atoms with Crippen molar-refractivity contribution in [2.45, 2.75) is 32.1 Å². The van der Waals surface area contributed by atoms with Crippen LogP contribution in [0.3, 0.4) is 0 Å². The van der Waals surface area contributed by atoms with Gasteiger partial charge in [0.25, 0.3) is 0 Å². The number of ketones is 1. The number of halogens is 1. The monoisotopic (exact) mass is 267 g/mol. The summed E-state index contributed by atoms with van der Waals surface area (Å²) in [6.45, 7) is 1.33. The molecule has 0 radical (unpaired) electrons. The number of Topliss-reactive ketones (excluding diaryl/α,β-unsaturated/α-hetero) is 1. The van der Waals surface area contributed by atoms with Gasteiger partial charge in [-0.2, -0.15) is 0 Å². The van der Waals surface area contributed by atoms with Crippen LogP contribution in [-0.4, -0.2) is 18.9 Å². The smallest absolute Gasteiger partial charge is 0.137 e. The molecule has 1 heterocycles. The van der Waals surface area contributed by atoms with Gasteiger partial charge in [0.05, 0.1) is 6.61 Å². The van der Waals surface area contributed by atoms with E-state index >= 15 is 0 Å². The molecule has 0 aliphatic carbocycles. The van der Waals surface area contributed by atoms with Crippen LogP contribution in [0.15, 0.2) is 12.1 Å². The van der Waals surface area contributed by atoms with E-state index in [-0.39, 0.29) is 5.78 Å². The second-order valence-corrected chi connectivity index (χ2v) is 5.05. The standard InChI is InChI=1S/C14H18ClNO2/c15-12-7-10-4-6-18-14(10)11(8-12)9-13(17)3-1-2-5-16/h7-8H,1-6,9,16H2. The number of benzene rings is 1. The lowest BCUT2D eigenvalue weighted by Crippen LogP contribution is -2.06. The third kappa shape index (κ3) is 3.24. The van der Waals surface area contributed by atoms with Crippen LogP contribution in [0.5, 0.6) is 5.75 Å². The van der Waals surface area contributed by atoms with Crippen LogP contribution in [0.25, 0.3) is 0 Å². The van der Waals surface area contributed by atoms with Crippen LogP contribution >= 0.6 is 11.6 Å². The highest BCUT2D eigenvalue weighted by Gasteiger charge is 2.19. The number of nitrogens with two attached hydrogens (primary N) is 1. The quantitative estimate of drug-likeness (QED) is 0.806. The largest absolute Gasteiger partial charge is 0.493 e. The van der Waals surface area contributed by atoms with Gasteiger partial charge in [-0.3, -0.25) is 4.79 Å². The maximum absolute atomic E-state index is 11.9. The van der Waals surface area contributed by atoms with E-state index in [4.69, 9.17) is 22.1 Å². The highest BCUT2D eigenvalue weighted by molar-refractivity contribution is 6.30. The highest BCUT2D eigenvalue weighted by atomic mass is 35.5. The topological polar surface area (TPSA) is 52.3 Å². The molecule has 0 bridgehead atoms. The molecule has 1 aliphatic rings. The van der Waals surface area contributed by atoms with Gasteiger partial charge in [0.2, 0.25) is 0 Å². The van der Waals surface area contributed by atoms with Crippen molar-refractivity contribution in [1.82, 2.24) is 0 Å². The van der Waals surface area contributed by atoms with E-state index in [1.165, 1.54) is 0 Å². The van der Waals surface area contributed by atoms with Crippen molar-refractivity contribution < 1.29 is 9.53 Å². The van der Waals surface area contributed by atoms with Crippen molar-refractivity contribution in [3.8, 4) is 5.75 Å². The molecule has 98 valence electrons. The number of hydrogen-bond donors (Lipinski definition) is 1. The third-order valence-corrected chi connectivity index (χ3v) is 3.34. The van der Waals surface area contributed by atoms with Crippen LogP contribution in [0.2, 0.25) is 5.02 Å². The van der Waals surface area contributed by atoms with E-state index in [0.29, 0.717) is 31.0 Å². The number of carbonyl (C=O) groups excluding carboxylic acids is 1. The lowest BCUT2D eigenvalue weighted by Gasteiger charge is -2.08. The van der Waals surface area contributed by atoms with Crippen molar-refractivity contribution in [3.05, 3.63) is 28.3 Å². The summed E-state index contributed by atoms with van der Waals surface area (Å²) in [6.07, 6.45) is 3.63. The number of ether oxygens (including phenoxy) is 1. The summed E-state index contributed by atoms with van der Waals surface area (Å²) < 4.78 is 5.58. The number of fused-ring (bicyclic) bond motifs is 1. The first-order valence-electron chi connectivity index (χ1n) is 6.36. The summed E-state index contributed by atoms with van der Waals surface area (Å²) in [5.74, 6) is 1.09. The minimum absolute atomic E-state index is 0.225. The summed E-state index contributed by atoms with van der Waals surface area (Å²) in [4.78, 5) is 11.9. The first-order valence-corrected chi connectivity index (χ1v) is 6.74. The van der Waals surface area contributed by atoms with Gasteiger partial charge >= 0.3 is 0 Å². The number of carbonyl (C=O) groups is 1. The van der Waals surface area contributed by atoms with E-state index in [1.807, 2.05) is 12.1 Å². The fourth-order valence-electron chi connectivity index (χ4n) is 2.24. The van der Waals surface area contributed by atoms with Gasteiger partial charge in [-0.1, -0.05) is 11.6 Å². The second kappa shape index (κ2) is 6.21. The van der Waals surface area contributed by atoms with Gasteiger partial charge in [-0.25, -0.2) is 0 Å². The molecular formula is C14H18ClNO2. The molecule has 3 nitrogen and oxygen atoms in total. The Bertz CT molecular complexity index is 446. The molecule has 18 heavy (non-hydrogen) atoms. The number of rotatable bonds is 6. The Morgan fingerprint density at radius 1 is 1.39 bits per heavy atom. The van der Waals surface area contributed by atoms with Gasteiger partial charge in [-0.05, 0) is 37.1 Å². The Kier molecular flexibility index (Phi) is 4.61. The molecule has 0 atom stereocenters. The number of hydrogen-bond acceptors (Lipinski definition) is 3. The van der Waals surface area contributed by atoms with Crippen molar-refractivity contribution in [2.24, 2.45) is 5.73 Å². The van der Waals surface area contributed by atoms with Crippen molar-refractivity contribution in [2.75, 3.05) is 13.2 Å². The third-order valence-electron chi connectivity index (χ3n) is 3.12. The van der Waals surface area contributed by atoms with E-state index in [9.17, 15) is 4.79 Å². The molecule has 2 rings (SSSR count). The maximum Gasteiger partial charge on any atom is 0.137 e. The zero-order valence-electron chi connectivity index (χ0n) is 10.4. The fraction of sp³-hybridized carbons (Fsp3) is 0.500. The lowest BCUT2D eigenvalue weighted by molar-refractivity contribution is -0.118. The molecule has 1 aliphatic heterocycles. The Labute approximate surface area is 112 Å². The normalized spacial score (nSPS) is 13.2. The van der Waals surface area contributed by atoms with E-state index in [1.54, 1.807) is 0 Å². The van der Waals surface area contributed by atoms with Crippen LogP contribution in [0, 0.1) is 0 Å². The molecule has 0 spiro atoms. The SMILES string of the molecule is NCCCCC(=O)Cc1cc(Cl)cc2c1OCC2. The zero-order valence-corrected chi connectivity index (χ0v) is 11.1. The summed E-state index contributed by atoms with van der Waals surface area (Å²) in [5, 5.41) is 0.684. The molecule has 4 heteroatoms. The molecule has 1 aromatic rings. The predicted octanol–water partition coefficient (Wildman–Crippen LogP) is 2.52. The van der Waals surface area contributed by atoms with E-state index < -0.39 is 0 Å². The van der Waals surface area contributed by atoms with Crippen LogP contribution in [0.1, 0.15) is 30.4 Å². The Balaban J connectivity index is 2.03. The van der Waals surface area contributed by atoms with Crippen LogP contribution < -0.4 is 10.5 Å². The average molecular weight is 268 g/mol. The minimum Gasteiger partial charge on any atom is -0.493 e. The molecule has 1 aromatic carbocycles. The molecule has 2 N–H and O–H groups in total. The molecule has 0 saturated heterocycles. The average Bonchev–Trinajstić information content (AvgIpc) is 2.77. The maximum atomic E-state index is 11.9.